The summed E-state index contributed by atoms with van der Waals surface area (Å²) < 4.78 is 5.19. The minimum absolute atomic E-state index is 0.363. The molecule has 2 rings (SSSR count). The van der Waals surface area contributed by atoms with Gasteiger partial charge in [-0.2, -0.15) is 0 Å². The minimum atomic E-state index is 0.363. The van der Waals surface area contributed by atoms with E-state index in [1.54, 1.807) is 7.11 Å². The van der Waals surface area contributed by atoms with Gasteiger partial charge in [0, 0.05) is 5.92 Å². The van der Waals surface area contributed by atoms with Gasteiger partial charge in [0.25, 0.3) is 0 Å². The summed E-state index contributed by atoms with van der Waals surface area (Å²) in [5.74, 6) is 1.25. The van der Waals surface area contributed by atoms with Crippen LogP contribution in [0.2, 0.25) is 0 Å². The maximum Gasteiger partial charge on any atom is 0.118 e. The number of rotatable bonds is 5. The van der Waals surface area contributed by atoms with E-state index in [0.29, 0.717) is 12.5 Å². The predicted molar refractivity (Wildman–Crippen MR) is 75.0 cm³/mol. The van der Waals surface area contributed by atoms with Crippen LogP contribution in [0.3, 0.4) is 0 Å². The average Bonchev–Trinajstić information content (AvgIpc) is 2.46. The smallest absolute Gasteiger partial charge is 0.118 e. The van der Waals surface area contributed by atoms with Crippen LogP contribution in [0.1, 0.15) is 23.5 Å². The van der Waals surface area contributed by atoms with Crippen molar-refractivity contribution in [3.63, 3.8) is 0 Å². The molecule has 0 aliphatic heterocycles. The van der Waals surface area contributed by atoms with Gasteiger partial charge in [-0.05, 0) is 36.2 Å². The molecular weight excluding hydrogens is 222 g/mol. The lowest BCUT2D eigenvalue weighted by atomic mass is 9.88. The lowest BCUT2D eigenvalue weighted by molar-refractivity contribution is 0.414. The summed E-state index contributed by atoms with van der Waals surface area (Å²) in [7, 11) is 1.68. The summed E-state index contributed by atoms with van der Waals surface area (Å²) >= 11 is 0. The van der Waals surface area contributed by atoms with Gasteiger partial charge >= 0.3 is 0 Å². The van der Waals surface area contributed by atoms with E-state index in [4.69, 9.17) is 10.5 Å². The van der Waals surface area contributed by atoms with Gasteiger partial charge in [0.2, 0.25) is 0 Å². The highest BCUT2D eigenvalue weighted by molar-refractivity contribution is 5.35. The van der Waals surface area contributed by atoms with Crippen molar-refractivity contribution in [3.8, 4) is 5.75 Å². The van der Waals surface area contributed by atoms with Crippen molar-refractivity contribution in [3.05, 3.63) is 65.7 Å². The Labute approximate surface area is 108 Å². The highest BCUT2D eigenvalue weighted by Gasteiger charge is 2.12. The Kier molecular flexibility index (Phi) is 4.37. The first-order valence-corrected chi connectivity index (χ1v) is 6.24. The van der Waals surface area contributed by atoms with E-state index < -0.39 is 0 Å². The Balaban J connectivity index is 2.29. The van der Waals surface area contributed by atoms with E-state index in [-0.39, 0.29) is 0 Å². The van der Waals surface area contributed by atoms with Gasteiger partial charge in [-0.15, -0.1) is 0 Å². The molecule has 2 aromatic rings. The first-order chi connectivity index (χ1) is 8.85. The molecule has 1 unspecified atom stereocenters. The van der Waals surface area contributed by atoms with Crippen LogP contribution in [0.4, 0.5) is 0 Å². The van der Waals surface area contributed by atoms with Crippen molar-refractivity contribution in [1.82, 2.24) is 0 Å². The SMILES string of the molecule is COc1ccc(C(CCN)c2ccccc2)cc1. The Hall–Kier alpha value is -1.80. The van der Waals surface area contributed by atoms with Crippen LogP contribution in [0, 0.1) is 0 Å². The molecule has 0 spiro atoms. The fourth-order valence-electron chi connectivity index (χ4n) is 2.21. The van der Waals surface area contributed by atoms with Gasteiger partial charge < -0.3 is 10.5 Å². The molecule has 18 heavy (non-hydrogen) atoms. The fourth-order valence-corrected chi connectivity index (χ4v) is 2.21. The molecule has 0 fully saturated rings. The molecule has 1 atom stereocenters. The second-order valence-electron chi connectivity index (χ2n) is 4.31. The molecule has 2 nitrogen and oxygen atoms in total. The van der Waals surface area contributed by atoms with Crippen molar-refractivity contribution in [1.29, 1.82) is 0 Å². The van der Waals surface area contributed by atoms with E-state index in [1.807, 2.05) is 18.2 Å². The van der Waals surface area contributed by atoms with Gasteiger partial charge in [-0.3, -0.25) is 0 Å². The van der Waals surface area contributed by atoms with E-state index in [0.717, 1.165) is 12.2 Å². The zero-order valence-corrected chi connectivity index (χ0v) is 10.7. The average molecular weight is 241 g/mol. The summed E-state index contributed by atoms with van der Waals surface area (Å²) in [6.45, 7) is 0.686. The van der Waals surface area contributed by atoms with Crippen LogP contribution in [0.5, 0.6) is 5.75 Å². The van der Waals surface area contributed by atoms with Gasteiger partial charge in [0.15, 0.2) is 0 Å². The zero-order chi connectivity index (χ0) is 12.8. The van der Waals surface area contributed by atoms with E-state index >= 15 is 0 Å². The molecule has 0 aliphatic rings. The molecule has 0 amide bonds. The summed E-state index contributed by atoms with van der Waals surface area (Å²) in [4.78, 5) is 0. The lowest BCUT2D eigenvalue weighted by Gasteiger charge is -2.17. The third kappa shape index (κ3) is 2.90. The molecule has 0 aliphatic carbocycles. The summed E-state index contributed by atoms with van der Waals surface area (Å²) in [6, 6.07) is 18.7. The predicted octanol–water partition coefficient (Wildman–Crippen LogP) is 3.18. The minimum Gasteiger partial charge on any atom is -0.497 e. The van der Waals surface area contributed by atoms with Gasteiger partial charge in [0.05, 0.1) is 7.11 Å². The monoisotopic (exact) mass is 241 g/mol. The van der Waals surface area contributed by atoms with Crippen LogP contribution in [0.25, 0.3) is 0 Å². The Morgan fingerprint density at radius 3 is 2.11 bits per heavy atom. The second kappa shape index (κ2) is 6.22. The summed E-state index contributed by atoms with van der Waals surface area (Å²) in [5, 5.41) is 0. The topological polar surface area (TPSA) is 35.2 Å². The molecular formula is C16H19NO. The van der Waals surface area contributed by atoms with Gasteiger partial charge in [-0.25, -0.2) is 0 Å². The fraction of sp³-hybridized carbons (Fsp3) is 0.250. The Morgan fingerprint density at radius 2 is 1.56 bits per heavy atom. The maximum atomic E-state index is 5.74. The quantitative estimate of drug-likeness (QED) is 0.872. The Morgan fingerprint density at radius 1 is 0.944 bits per heavy atom. The molecule has 0 heterocycles. The number of methoxy groups -OCH3 is 1. The molecule has 0 aromatic heterocycles. The third-order valence-electron chi connectivity index (χ3n) is 3.18. The summed E-state index contributed by atoms with van der Waals surface area (Å²) in [6.07, 6.45) is 0.955. The van der Waals surface area contributed by atoms with E-state index in [9.17, 15) is 0 Å². The molecule has 0 bridgehead atoms. The third-order valence-corrected chi connectivity index (χ3v) is 3.18. The summed E-state index contributed by atoms with van der Waals surface area (Å²) in [5.41, 5.74) is 8.33. The van der Waals surface area contributed by atoms with Crippen LogP contribution in [-0.2, 0) is 0 Å². The zero-order valence-electron chi connectivity index (χ0n) is 10.7. The first-order valence-electron chi connectivity index (χ1n) is 6.24. The van der Waals surface area contributed by atoms with Crippen molar-refractivity contribution < 1.29 is 4.74 Å². The van der Waals surface area contributed by atoms with Crippen molar-refractivity contribution in [2.24, 2.45) is 5.73 Å². The number of hydrogen-bond donors (Lipinski definition) is 1. The maximum absolute atomic E-state index is 5.74. The second-order valence-corrected chi connectivity index (χ2v) is 4.31. The molecule has 2 heteroatoms. The van der Waals surface area contributed by atoms with E-state index in [1.165, 1.54) is 11.1 Å². The number of benzene rings is 2. The van der Waals surface area contributed by atoms with Crippen molar-refractivity contribution in [2.75, 3.05) is 13.7 Å². The molecule has 0 saturated carbocycles. The van der Waals surface area contributed by atoms with Crippen LogP contribution < -0.4 is 10.5 Å². The van der Waals surface area contributed by atoms with Crippen LogP contribution >= 0.6 is 0 Å². The molecule has 2 aromatic carbocycles. The van der Waals surface area contributed by atoms with E-state index in [2.05, 4.69) is 36.4 Å². The standard InChI is InChI=1S/C16H19NO/c1-18-15-9-7-14(8-10-15)16(11-12-17)13-5-3-2-4-6-13/h2-10,16H,11-12,17H2,1H3. The van der Waals surface area contributed by atoms with Crippen LogP contribution in [-0.4, -0.2) is 13.7 Å². The number of nitrogens with two attached hydrogens (primary N) is 1. The Bertz CT molecular complexity index is 464. The largest absolute Gasteiger partial charge is 0.497 e. The molecule has 0 radical (unpaired) electrons. The number of ether oxygens (including phenoxy) is 1. The number of hydrogen-bond acceptors (Lipinski definition) is 2. The normalized spacial score (nSPS) is 12.1. The van der Waals surface area contributed by atoms with Crippen molar-refractivity contribution >= 4 is 0 Å². The van der Waals surface area contributed by atoms with Crippen molar-refractivity contribution in [2.45, 2.75) is 12.3 Å². The molecule has 0 saturated heterocycles. The molecule has 2 N–H and O–H groups in total. The van der Waals surface area contributed by atoms with Gasteiger partial charge in [-0.1, -0.05) is 42.5 Å². The van der Waals surface area contributed by atoms with Crippen LogP contribution in [0.15, 0.2) is 54.6 Å². The highest BCUT2D eigenvalue weighted by atomic mass is 16.5. The highest BCUT2D eigenvalue weighted by Crippen LogP contribution is 2.28. The molecule has 94 valence electrons. The first kappa shape index (κ1) is 12.7. The van der Waals surface area contributed by atoms with Gasteiger partial charge in [0.1, 0.15) is 5.75 Å². The lowest BCUT2D eigenvalue weighted by Crippen LogP contribution is -2.08.